The molecule has 5 heteroatoms. The van der Waals surface area contributed by atoms with E-state index < -0.39 is 5.97 Å². The Bertz CT molecular complexity index is 742. The minimum atomic E-state index is -1.03. The highest BCUT2D eigenvalue weighted by Gasteiger charge is 2.19. The number of carboxylic acid groups (broad SMARTS) is 1. The molecule has 0 aliphatic carbocycles. The SMILES string of the molecule is Cc1cccc2cc(-c3oncc3C(=O)O)sc12. The van der Waals surface area contributed by atoms with E-state index in [2.05, 4.69) is 5.16 Å². The van der Waals surface area contributed by atoms with Crippen molar-refractivity contribution >= 4 is 27.4 Å². The Balaban J connectivity index is 2.23. The van der Waals surface area contributed by atoms with Crippen molar-refractivity contribution < 1.29 is 14.4 Å². The molecule has 0 fully saturated rings. The first kappa shape index (κ1) is 11.0. The van der Waals surface area contributed by atoms with Crippen molar-refractivity contribution in [1.82, 2.24) is 5.16 Å². The summed E-state index contributed by atoms with van der Waals surface area (Å²) in [5, 5.41) is 13.7. The first-order valence-electron chi connectivity index (χ1n) is 5.34. The molecule has 1 N–H and O–H groups in total. The number of hydrogen-bond donors (Lipinski definition) is 1. The van der Waals surface area contributed by atoms with E-state index in [-0.39, 0.29) is 5.56 Å². The lowest BCUT2D eigenvalue weighted by atomic mass is 10.1. The lowest BCUT2D eigenvalue weighted by molar-refractivity contribution is 0.0697. The quantitative estimate of drug-likeness (QED) is 0.764. The molecule has 3 aromatic rings. The largest absolute Gasteiger partial charge is 0.477 e. The van der Waals surface area contributed by atoms with Gasteiger partial charge in [-0.25, -0.2) is 4.79 Å². The maximum Gasteiger partial charge on any atom is 0.341 e. The van der Waals surface area contributed by atoms with Crippen LogP contribution >= 0.6 is 11.3 Å². The number of rotatable bonds is 2. The van der Waals surface area contributed by atoms with Crippen molar-refractivity contribution in [2.24, 2.45) is 0 Å². The highest BCUT2D eigenvalue weighted by molar-refractivity contribution is 7.22. The Kier molecular flexibility index (Phi) is 2.41. The third-order valence-electron chi connectivity index (χ3n) is 2.77. The van der Waals surface area contributed by atoms with Crippen LogP contribution in [0.15, 0.2) is 35.0 Å². The zero-order valence-corrected chi connectivity index (χ0v) is 10.3. The molecule has 1 aromatic carbocycles. The second-order valence-electron chi connectivity index (χ2n) is 3.98. The summed E-state index contributed by atoms with van der Waals surface area (Å²) < 4.78 is 6.20. The highest BCUT2D eigenvalue weighted by Crippen LogP contribution is 2.36. The van der Waals surface area contributed by atoms with Crippen LogP contribution in [0.2, 0.25) is 0 Å². The molecule has 2 heterocycles. The summed E-state index contributed by atoms with van der Waals surface area (Å²) in [5.74, 6) is -0.705. The summed E-state index contributed by atoms with van der Waals surface area (Å²) in [5.41, 5.74) is 1.26. The van der Waals surface area contributed by atoms with Gasteiger partial charge in [0.25, 0.3) is 0 Å². The molecule has 0 aliphatic rings. The van der Waals surface area contributed by atoms with Crippen LogP contribution in [0.3, 0.4) is 0 Å². The maximum atomic E-state index is 11.0. The van der Waals surface area contributed by atoms with E-state index in [1.165, 1.54) is 23.1 Å². The van der Waals surface area contributed by atoms with Gasteiger partial charge in [-0.3, -0.25) is 0 Å². The molecule has 90 valence electrons. The van der Waals surface area contributed by atoms with Gasteiger partial charge in [-0.1, -0.05) is 23.4 Å². The molecule has 18 heavy (non-hydrogen) atoms. The second kappa shape index (κ2) is 3.96. The van der Waals surface area contributed by atoms with E-state index in [9.17, 15) is 4.79 Å². The minimum Gasteiger partial charge on any atom is -0.477 e. The summed E-state index contributed by atoms with van der Waals surface area (Å²) in [6, 6.07) is 7.94. The molecule has 0 aliphatic heterocycles. The molecular weight excluding hydrogens is 250 g/mol. The van der Waals surface area contributed by atoms with Crippen molar-refractivity contribution in [3.8, 4) is 10.6 Å². The predicted octanol–water partition coefficient (Wildman–Crippen LogP) is 3.56. The third kappa shape index (κ3) is 1.60. The summed E-state index contributed by atoms with van der Waals surface area (Å²) in [6.07, 6.45) is 1.23. The molecule has 0 spiro atoms. The number of nitrogens with zero attached hydrogens (tertiary/aromatic N) is 1. The number of hydrogen-bond acceptors (Lipinski definition) is 4. The number of aryl methyl sites for hydroxylation is 1. The Labute approximate surface area is 106 Å². The first-order chi connectivity index (χ1) is 8.66. The number of thiophene rings is 1. The number of fused-ring (bicyclic) bond motifs is 1. The van der Waals surface area contributed by atoms with Crippen molar-refractivity contribution in [1.29, 1.82) is 0 Å². The predicted molar refractivity (Wildman–Crippen MR) is 69.0 cm³/mol. The number of aromatic nitrogens is 1. The van der Waals surface area contributed by atoms with Gasteiger partial charge in [0, 0.05) is 4.70 Å². The molecule has 4 nitrogen and oxygen atoms in total. The summed E-state index contributed by atoms with van der Waals surface area (Å²) in [4.78, 5) is 11.8. The van der Waals surface area contributed by atoms with E-state index in [4.69, 9.17) is 9.63 Å². The fourth-order valence-electron chi connectivity index (χ4n) is 1.89. The molecule has 3 rings (SSSR count). The normalized spacial score (nSPS) is 10.9. The molecule has 0 bridgehead atoms. The van der Waals surface area contributed by atoms with Crippen LogP contribution in [0.5, 0.6) is 0 Å². The average Bonchev–Trinajstić information content (AvgIpc) is 2.95. The van der Waals surface area contributed by atoms with E-state index >= 15 is 0 Å². The van der Waals surface area contributed by atoms with Gasteiger partial charge in [-0.15, -0.1) is 11.3 Å². The van der Waals surface area contributed by atoms with Crippen molar-refractivity contribution in [2.75, 3.05) is 0 Å². The fourth-order valence-corrected chi connectivity index (χ4v) is 3.01. The minimum absolute atomic E-state index is 0.0965. The Morgan fingerprint density at radius 3 is 3.00 bits per heavy atom. The van der Waals surface area contributed by atoms with Crippen LogP contribution in [-0.2, 0) is 0 Å². The van der Waals surface area contributed by atoms with Crippen LogP contribution in [0, 0.1) is 6.92 Å². The third-order valence-corrected chi connectivity index (χ3v) is 4.05. The lowest BCUT2D eigenvalue weighted by Crippen LogP contribution is -1.94. The van der Waals surface area contributed by atoms with Crippen molar-refractivity contribution in [2.45, 2.75) is 6.92 Å². The van der Waals surface area contributed by atoms with Gasteiger partial charge in [0.05, 0.1) is 11.1 Å². The summed E-state index contributed by atoms with van der Waals surface area (Å²) in [6.45, 7) is 2.03. The Morgan fingerprint density at radius 2 is 2.28 bits per heavy atom. The van der Waals surface area contributed by atoms with Gasteiger partial charge in [0.1, 0.15) is 5.56 Å². The van der Waals surface area contributed by atoms with Gasteiger partial charge in [0.15, 0.2) is 5.76 Å². The monoisotopic (exact) mass is 259 g/mol. The zero-order valence-electron chi connectivity index (χ0n) is 9.51. The Morgan fingerprint density at radius 1 is 1.44 bits per heavy atom. The average molecular weight is 259 g/mol. The fraction of sp³-hybridized carbons (Fsp3) is 0.0769. The second-order valence-corrected chi connectivity index (χ2v) is 5.03. The highest BCUT2D eigenvalue weighted by atomic mass is 32.1. The van der Waals surface area contributed by atoms with Gasteiger partial charge in [-0.2, -0.15) is 0 Å². The molecule has 0 radical (unpaired) electrons. The van der Waals surface area contributed by atoms with E-state index in [1.54, 1.807) is 0 Å². The molecular formula is C13H9NO3S. The number of aromatic carboxylic acids is 1. The van der Waals surface area contributed by atoms with E-state index in [0.717, 1.165) is 15.0 Å². The standard InChI is InChI=1S/C13H9NO3S/c1-7-3-2-4-8-5-10(18-12(7)8)11-9(13(15)16)6-14-17-11/h2-6H,1H3,(H,15,16). The van der Waals surface area contributed by atoms with Gasteiger partial charge < -0.3 is 9.63 Å². The summed E-state index contributed by atoms with van der Waals surface area (Å²) in [7, 11) is 0. The van der Waals surface area contributed by atoms with Crippen LogP contribution in [-0.4, -0.2) is 16.2 Å². The number of benzene rings is 1. The van der Waals surface area contributed by atoms with Crippen molar-refractivity contribution in [3.63, 3.8) is 0 Å². The van der Waals surface area contributed by atoms with Gasteiger partial charge in [0.2, 0.25) is 0 Å². The first-order valence-corrected chi connectivity index (χ1v) is 6.16. The summed E-state index contributed by atoms with van der Waals surface area (Å²) >= 11 is 1.52. The van der Waals surface area contributed by atoms with Crippen molar-refractivity contribution in [3.05, 3.63) is 41.6 Å². The molecule has 0 saturated heterocycles. The van der Waals surface area contributed by atoms with Gasteiger partial charge in [-0.05, 0) is 23.9 Å². The van der Waals surface area contributed by atoms with Crippen LogP contribution in [0.4, 0.5) is 0 Å². The van der Waals surface area contributed by atoms with Crippen LogP contribution in [0.1, 0.15) is 15.9 Å². The Hall–Kier alpha value is -2.14. The molecule has 0 amide bonds. The topological polar surface area (TPSA) is 63.3 Å². The van der Waals surface area contributed by atoms with E-state index in [1.807, 2.05) is 31.2 Å². The van der Waals surface area contributed by atoms with Gasteiger partial charge >= 0.3 is 5.97 Å². The molecule has 0 saturated carbocycles. The zero-order chi connectivity index (χ0) is 12.7. The molecule has 0 unspecified atom stereocenters. The van der Waals surface area contributed by atoms with Crippen LogP contribution in [0.25, 0.3) is 20.7 Å². The lowest BCUT2D eigenvalue weighted by Gasteiger charge is -1.92. The number of carboxylic acids is 1. The molecule has 2 aromatic heterocycles. The van der Waals surface area contributed by atoms with E-state index in [0.29, 0.717) is 5.76 Å². The molecule has 0 atom stereocenters. The number of carbonyl (C=O) groups is 1. The van der Waals surface area contributed by atoms with Crippen LogP contribution < -0.4 is 0 Å². The smallest absolute Gasteiger partial charge is 0.341 e. The maximum absolute atomic E-state index is 11.0.